The van der Waals surface area contributed by atoms with Crippen LogP contribution in [0.25, 0.3) is 0 Å². The van der Waals surface area contributed by atoms with Gasteiger partial charge < -0.3 is 20.3 Å². The molecule has 3 N–H and O–H groups in total. The van der Waals surface area contributed by atoms with Crippen molar-refractivity contribution in [1.82, 2.24) is 0 Å². The summed E-state index contributed by atoms with van der Waals surface area (Å²) < 4.78 is 11.9. The fourth-order valence-electron chi connectivity index (χ4n) is 8.39. The molecule has 4 saturated carbocycles. The van der Waals surface area contributed by atoms with Gasteiger partial charge in [0, 0.05) is 17.8 Å². The summed E-state index contributed by atoms with van der Waals surface area (Å²) in [6.45, 7) is 6.11. The molecule has 3 unspecified atom stereocenters. The number of epoxide rings is 1. The van der Waals surface area contributed by atoms with Gasteiger partial charge in [0.2, 0.25) is 5.91 Å². The summed E-state index contributed by atoms with van der Waals surface area (Å²) in [6, 6.07) is 0. The van der Waals surface area contributed by atoms with Crippen LogP contribution in [0, 0.1) is 34.5 Å². The molecule has 0 radical (unpaired) electrons. The van der Waals surface area contributed by atoms with Crippen molar-refractivity contribution < 1.29 is 24.2 Å². The van der Waals surface area contributed by atoms with Crippen molar-refractivity contribution >= 4 is 11.9 Å². The van der Waals surface area contributed by atoms with E-state index in [1.54, 1.807) is 0 Å². The fourth-order valence-corrected chi connectivity index (χ4v) is 8.39. The fraction of sp³-hybridized carbons (Fsp3) is 0.909. The zero-order chi connectivity index (χ0) is 20.1. The molecule has 1 saturated heterocycles. The normalized spacial score (nSPS) is 56.6. The summed E-state index contributed by atoms with van der Waals surface area (Å²) in [5.41, 5.74) is 5.30. The first-order valence-electron chi connectivity index (χ1n) is 11.0. The molecule has 10 atom stereocenters. The number of carbonyl (C=O) groups is 2. The third kappa shape index (κ3) is 2.16. The smallest absolute Gasteiger partial charge is 0.302 e. The van der Waals surface area contributed by atoms with Gasteiger partial charge in [0.05, 0.1) is 12.0 Å². The van der Waals surface area contributed by atoms with Crippen LogP contribution in [0.4, 0.5) is 0 Å². The minimum Gasteiger partial charge on any atom is -0.462 e. The summed E-state index contributed by atoms with van der Waals surface area (Å²) in [4.78, 5) is 23.7. The van der Waals surface area contributed by atoms with Gasteiger partial charge in [-0.3, -0.25) is 9.59 Å². The Labute approximate surface area is 166 Å². The number of hydrogen-bond donors (Lipinski definition) is 2. The lowest BCUT2D eigenvalue weighted by atomic mass is 9.44. The standard InChI is InChI=1S/C22H33NO5/c1-11(24)27-16-5-4-14-12-6-9-22-18(28-22)17(25)13(19(23)26)10-21(22,3)15(12)7-8-20(14,16)2/h12-18,25H,4-10H2,1-3H3,(H2,23,26)/t12?,13-,14?,15?,16+,17-,18-,20+,21-,22-/m1/s1. The van der Waals surface area contributed by atoms with Crippen LogP contribution < -0.4 is 5.73 Å². The molecule has 0 aromatic heterocycles. The van der Waals surface area contributed by atoms with Gasteiger partial charge in [-0.2, -0.15) is 0 Å². The van der Waals surface area contributed by atoms with E-state index in [0.29, 0.717) is 24.2 Å². The summed E-state index contributed by atoms with van der Waals surface area (Å²) in [7, 11) is 0. The molecule has 6 heteroatoms. The van der Waals surface area contributed by atoms with E-state index in [1.807, 2.05) is 0 Å². The number of aliphatic hydroxyl groups excluding tert-OH is 1. The van der Waals surface area contributed by atoms with Crippen LogP contribution in [0.3, 0.4) is 0 Å². The number of carbonyl (C=O) groups excluding carboxylic acids is 2. The molecule has 1 heterocycles. The molecule has 5 fully saturated rings. The van der Waals surface area contributed by atoms with E-state index in [0.717, 1.165) is 38.5 Å². The first-order valence-corrected chi connectivity index (χ1v) is 11.0. The summed E-state index contributed by atoms with van der Waals surface area (Å²) in [5.74, 6) is 0.467. The Bertz CT molecular complexity index is 726. The zero-order valence-corrected chi connectivity index (χ0v) is 17.1. The van der Waals surface area contributed by atoms with Gasteiger partial charge in [0.15, 0.2) is 0 Å². The van der Waals surface area contributed by atoms with Crippen LogP contribution in [0.15, 0.2) is 0 Å². The maximum atomic E-state index is 12.0. The minimum absolute atomic E-state index is 0.0242. The molecule has 6 nitrogen and oxygen atoms in total. The number of rotatable bonds is 2. The van der Waals surface area contributed by atoms with Crippen LogP contribution in [0.5, 0.6) is 0 Å². The van der Waals surface area contributed by atoms with Crippen molar-refractivity contribution in [1.29, 1.82) is 0 Å². The first-order chi connectivity index (χ1) is 13.1. The predicted octanol–water partition coefficient (Wildman–Crippen LogP) is 2.16. The third-order valence-electron chi connectivity index (χ3n) is 9.76. The monoisotopic (exact) mass is 391 g/mol. The van der Waals surface area contributed by atoms with Gasteiger partial charge in [-0.25, -0.2) is 0 Å². The Hall–Kier alpha value is -1.14. The number of aliphatic hydroxyl groups is 1. The van der Waals surface area contributed by atoms with E-state index in [1.165, 1.54) is 6.92 Å². The number of ether oxygens (including phenoxy) is 2. The highest BCUT2D eigenvalue weighted by molar-refractivity contribution is 5.78. The highest BCUT2D eigenvalue weighted by Gasteiger charge is 2.78. The molecule has 4 aliphatic carbocycles. The van der Waals surface area contributed by atoms with E-state index in [4.69, 9.17) is 15.2 Å². The molecular formula is C22H33NO5. The second-order valence-electron chi connectivity index (χ2n) is 10.7. The zero-order valence-electron chi connectivity index (χ0n) is 17.1. The number of fused-ring (bicyclic) bond motifs is 4. The summed E-state index contributed by atoms with van der Waals surface area (Å²) in [6.07, 6.45) is 5.83. The molecule has 1 aliphatic heterocycles. The Morgan fingerprint density at radius 3 is 2.54 bits per heavy atom. The Kier molecular flexibility index (Phi) is 3.85. The molecule has 0 aromatic rings. The van der Waals surface area contributed by atoms with Crippen molar-refractivity contribution in [3.05, 3.63) is 0 Å². The number of nitrogens with two attached hydrogens (primary N) is 1. The second kappa shape index (κ2) is 5.72. The van der Waals surface area contributed by atoms with Gasteiger partial charge in [-0.05, 0) is 62.7 Å². The van der Waals surface area contributed by atoms with E-state index >= 15 is 0 Å². The number of amides is 1. The lowest BCUT2D eigenvalue weighted by Crippen LogP contribution is -2.61. The Morgan fingerprint density at radius 1 is 1.11 bits per heavy atom. The van der Waals surface area contributed by atoms with Crippen molar-refractivity contribution in [2.45, 2.75) is 89.6 Å². The third-order valence-corrected chi connectivity index (χ3v) is 9.76. The van der Waals surface area contributed by atoms with E-state index in [2.05, 4.69) is 13.8 Å². The largest absolute Gasteiger partial charge is 0.462 e. The average molecular weight is 392 g/mol. The predicted molar refractivity (Wildman–Crippen MR) is 101 cm³/mol. The van der Waals surface area contributed by atoms with Crippen LogP contribution >= 0.6 is 0 Å². The van der Waals surface area contributed by atoms with Crippen LogP contribution in [-0.4, -0.2) is 40.9 Å². The number of esters is 1. The molecule has 1 amide bonds. The molecule has 5 rings (SSSR count). The Balaban J connectivity index is 1.45. The summed E-state index contributed by atoms with van der Waals surface area (Å²) in [5, 5.41) is 10.6. The first kappa shape index (κ1) is 18.9. The molecule has 1 spiro atoms. The summed E-state index contributed by atoms with van der Waals surface area (Å²) >= 11 is 0. The Morgan fingerprint density at radius 2 is 1.86 bits per heavy atom. The SMILES string of the molecule is CC(=O)O[C@H]1CCC2C3CC[C@@]45O[C@@H]4[C@H](O)[C@H](C(N)=O)C[C@]5(C)C3CC[C@@]21C. The molecular weight excluding hydrogens is 358 g/mol. The molecule has 156 valence electrons. The number of primary amides is 1. The topological polar surface area (TPSA) is 102 Å². The van der Waals surface area contributed by atoms with Gasteiger partial charge in [-0.1, -0.05) is 13.8 Å². The van der Waals surface area contributed by atoms with Gasteiger partial charge >= 0.3 is 5.97 Å². The van der Waals surface area contributed by atoms with Gasteiger partial charge in [0.1, 0.15) is 17.8 Å². The van der Waals surface area contributed by atoms with Crippen LogP contribution in [0.2, 0.25) is 0 Å². The maximum absolute atomic E-state index is 12.0. The molecule has 5 aliphatic rings. The van der Waals surface area contributed by atoms with E-state index < -0.39 is 17.9 Å². The number of hydrogen-bond acceptors (Lipinski definition) is 5. The van der Waals surface area contributed by atoms with Crippen molar-refractivity contribution in [2.24, 2.45) is 40.2 Å². The highest BCUT2D eigenvalue weighted by Crippen LogP contribution is 2.73. The van der Waals surface area contributed by atoms with Crippen molar-refractivity contribution in [3.63, 3.8) is 0 Å². The maximum Gasteiger partial charge on any atom is 0.302 e. The highest BCUT2D eigenvalue weighted by atomic mass is 16.6. The lowest BCUT2D eigenvalue weighted by Gasteiger charge is -2.60. The van der Waals surface area contributed by atoms with Crippen LogP contribution in [-0.2, 0) is 19.1 Å². The lowest BCUT2D eigenvalue weighted by molar-refractivity contribution is -0.164. The quantitative estimate of drug-likeness (QED) is 0.555. The van der Waals surface area contributed by atoms with E-state index in [9.17, 15) is 14.7 Å². The van der Waals surface area contributed by atoms with Gasteiger partial charge in [-0.15, -0.1) is 0 Å². The minimum atomic E-state index is -0.768. The van der Waals surface area contributed by atoms with Crippen molar-refractivity contribution in [3.8, 4) is 0 Å². The van der Waals surface area contributed by atoms with Gasteiger partial charge in [0.25, 0.3) is 0 Å². The molecule has 28 heavy (non-hydrogen) atoms. The second-order valence-corrected chi connectivity index (χ2v) is 10.7. The van der Waals surface area contributed by atoms with Crippen LogP contribution in [0.1, 0.15) is 65.7 Å². The molecule has 0 aromatic carbocycles. The van der Waals surface area contributed by atoms with Crippen molar-refractivity contribution in [2.75, 3.05) is 0 Å². The molecule has 0 bridgehead atoms. The van der Waals surface area contributed by atoms with E-state index in [-0.39, 0.29) is 34.6 Å². The average Bonchev–Trinajstić information content (AvgIpc) is 3.28.